The van der Waals surface area contributed by atoms with Gasteiger partial charge in [-0.15, -0.1) is 0 Å². The highest BCUT2D eigenvalue weighted by Crippen LogP contribution is 2.24. The SMILES string of the molecule is O=C(Nc1cnc2n1CCCC2)C1CCN(C(=O)[C@H]2CCCO2)CC1. The molecule has 0 bridgehead atoms. The van der Waals surface area contributed by atoms with Gasteiger partial charge in [0.05, 0.1) is 6.20 Å². The molecule has 25 heavy (non-hydrogen) atoms. The molecule has 2 fully saturated rings. The van der Waals surface area contributed by atoms with Crippen molar-refractivity contribution in [1.29, 1.82) is 0 Å². The van der Waals surface area contributed by atoms with Crippen LogP contribution < -0.4 is 5.32 Å². The third-order valence-electron chi connectivity index (χ3n) is 5.60. The van der Waals surface area contributed by atoms with Crippen LogP contribution in [-0.2, 0) is 27.3 Å². The molecule has 0 unspecified atom stereocenters. The number of likely N-dealkylation sites (tertiary alicyclic amines) is 1. The first kappa shape index (κ1) is 16.6. The minimum absolute atomic E-state index is 0.0386. The van der Waals surface area contributed by atoms with Crippen LogP contribution in [0.4, 0.5) is 5.82 Å². The first-order chi connectivity index (χ1) is 12.2. The minimum atomic E-state index is -0.260. The van der Waals surface area contributed by atoms with E-state index in [1.54, 1.807) is 6.20 Å². The van der Waals surface area contributed by atoms with Crippen molar-refractivity contribution in [3.63, 3.8) is 0 Å². The molecule has 0 saturated carbocycles. The monoisotopic (exact) mass is 346 g/mol. The summed E-state index contributed by atoms with van der Waals surface area (Å²) < 4.78 is 7.61. The second kappa shape index (κ2) is 7.15. The summed E-state index contributed by atoms with van der Waals surface area (Å²) in [5.41, 5.74) is 0. The fraction of sp³-hybridized carbons (Fsp3) is 0.722. The Labute approximate surface area is 147 Å². The van der Waals surface area contributed by atoms with E-state index in [-0.39, 0.29) is 23.8 Å². The van der Waals surface area contributed by atoms with Gasteiger partial charge in [0, 0.05) is 38.6 Å². The summed E-state index contributed by atoms with van der Waals surface area (Å²) in [7, 11) is 0. The summed E-state index contributed by atoms with van der Waals surface area (Å²) in [6.45, 7) is 2.90. The van der Waals surface area contributed by atoms with Gasteiger partial charge in [0.1, 0.15) is 17.7 Å². The molecule has 7 nitrogen and oxygen atoms in total. The summed E-state index contributed by atoms with van der Waals surface area (Å²) >= 11 is 0. The summed E-state index contributed by atoms with van der Waals surface area (Å²) in [6.07, 6.45) is 8.02. The van der Waals surface area contributed by atoms with Gasteiger partial charge >= 0.3 is 0 Å². The van der Waals surface area contributed by atoms with Gasteiger partial charge in [-0.05, 0) is 38.5 Å². The molecule has 1 N–H and O–H groups in total. The van der Waals surface area contributed by atoms with E-state index in [4.69, 9.17) is 4.74 Å². The lowest BCUT2D eigenvalue weighted by Crippen LogP contribution is -2.45. The van der Waals surface area contributed by atoms with Gasteiger partial charge in [-0.1, -0.05) is 0 Å². The second-order valence-corrected chi connectivity index (χ2v) is 7.26. The average molecular weight is 346 g/mol. The number of carbonyl (C=O) groups is 2. The summed E-state index contributed by atoms with van der Waals surface area (Å²) in [5.74, 6) is 2.00. The van der Waals surface area contributed by atoms with Gasteiger partial charge in [0.2, 0.25) is 5.91 Å². The molecular weight excluding hydrogens is 320 g/mol. The maximum Gasteiger partial charge on any atom is 0.251 e. The number of carbonyl (C=O) groups excluding carboxylic acids is 2. The number of imidazole rings is 1. The fourth-order valence-electron chi connectivity index (χ4n) is 4.08. The minimum Gasteiger partial charge on any atom is -0.368 e. The van der Waals surface area contributed by atoms with Crippen LogP contribution in [0.5, 0.6) is 0 Å². The highest BCUT2D eigenvalue weighted by atomic mass is 16.5. The number of hydrogen-bond acceptors (Lipinski definition) is 4. The van der Waals surface area contributed by atoms with Crippen LogP contribution in [-0.4, -0.2) is 52.1 Å². The Morgan fingerprint density at radius 1 is 1.12 bits per heavy atom. The molecule has 2 amide bonds. The van der Waals surface area contributed by atoms with Crippen molar-refractivity contribution in [3.8, 4) is 0 Å². The maximum atomic E-state index is 12.6. The normalized spacial score (nSPS) is 24.2. The van der Waals surface area contributed by atoms with Crippen LogP contribution >= 0.6 is 0 Å². The van der Waals surface area contributed by atoms with Gasteiger partial charge < -0.3 is 19.5 Å². The van der Waals surface area contributed by atoms with Gasteiger partial charge in [-0.3, -0.25) is 9.59 Å². The average Bonchev–Trinajstić information content (AvgIpc) is 3.32. The van der Waals surface area contributed by atoms with Gasteiger partial charge in [-0.2, -0.15) is 0 Å². The molecule has 4 rings (SSSR count). The van der Waals surface area contributed by atoms with E-state index in [1.807, 2.05) is 4.90 Å². The van der Waals surface area contributed by atoms with Crippen molar-refractivity contribution in [1.82, 2.24) is 14.5 Å². The molecule has 0 aliphatic carbocycles. The number of nitrogens with zero attached hydrogens (tertiary/aromatic N) is 3. The van der Waals surface area contributed by atoms with Crippen LogP contribution in [0.25, 0.3) is 0 Å². The number of piperidine rings is 1. The quantitative estimate of drug-likeness (QED) is 0.901. The van der Waals surface area contributed by atoms with E-state index in [9.17, 15) is 9.59 Å². The maximum absolute atomic E-state index is 12.6. The Kier molecular flexibility index (Phi) is 4.74. The summed E-state index contributed by atoms with van der Waals surface area (Å²) in [5, 5.41) is 3.05. The topological polar surface area (TPSA) is 76.5 Å². The van der Waals surface area contributed by atoms with E-state index in [0.717, 1.165) is 43.9 Å². The van der Waals surface area contributed by atoms with Gasteiger partial charge in [-0.25, -0.2) is 4.98 Å². The Hall–Kier alpha value is -1.89. The Bertz CT molecular complexity index is 643. The van der Waals surface area contributed by atoms with Crippen molar-refractivity contribution in [3.05, 3.63) is 12.0 Å². The molecule has 136 valence electrons. The summed E-state index contributed by atoms with van der Waals surface area (Å²) in [4.78, 5) is 31.3. The van der Waals surface area contributed by atoms with E-state index >= 15 is 0 Å². The molecule has 3 aliphatic rings. The molecule has 1 atom stereocenters. The van der Waals surface area contributed by atoms with Crippen molar-refractivity contribution < 1.29 is 14.3 Å². The largest absolute Gasteiger partial charge is 0.368 e. The smallest absolute Gasteiger partial charge is 0.251 e. The molecule has 0 aromatic carbocycles. The Balaban J connectivity index is 1.31. The lowest BCUT2D eigenvalue weighted by atomic mass is 9.95. The molecule has 3 aliphatic heterocycles. The molecule has 4 heterocycles. The van der Waals surface area contributed by atoms with Crippen molar-refractivity contribution >= 4 is 17.6 Å². The number of hydrogen-bond donors (Lipinski definition) is 1. The third-order valence-corrected chi connectivity index (χ3v) is 5.60. The molecule has 0 spiro atoms. The lowest BCUT2D eigenvalue weighted by Gasteiger charge is -2.32. The van der Waals surface area contributed by atoms with Crippen LogP contribution in [0.3, 0.4) is 0 Å². The van der Waals surface area contributed by atoms with Gasteiger partial charge in [0.25, 0.3) is 5.91 Å². The zero-order chi connectivity index (χ0) is 17.2. The van der Waals surface area contributed by atoms with Crippen LogP contribution in [0, 0.1) is 5.92 Å². The standard InChI is InChI=1S/C18H26N4O3/c23-17(20-16-12-19-15-5-1-2-8-22(15)16)13-6-9-21(10-7-13)18(24)14-4-3-11-25-14/h12-14H,1-11H2,(H,20,23)/t14-/m1/s1. The van der Waals surface area contributed by atoms with Crippen LogP contribution in [0.2, 0.25) is 0 Å². The highest BCUT2D eigenvalue weighted by Gasteiger charge is 2.33. The number of aromatic nitrogens is 2. The van der Waals surface area contributed by atoms with Crippen molar-refractivity contribution in [2.45, 2.75) is 57.6 Å². The molecule has 1 aromatic rings. The predicted molar refractivity (Wildman–Crippen MR) is 92.1 cm³/mol. The zero-order valence-electron chi connectivity index (χ0n) is 14.6. The van der Waals surface area contributed by atoms with E-state index in [0.29, 0.717) is 32.5 Å². The number of amides is 2. The second-order valence-electron chi connectivity index (χ2n) is 7.26. The first-order valence-electron chi connectivity index (χ1n) is 9.48. The Morgan fingerprint density at radius 2 is 1.96 bits per heavy atom. The number of ether oxygens (including phenoxy) is 1. The lowest BCUT2D eigenvalue weighted by molar-refractivity contribution is -0.143. The third kappa shape index (κ3) is 3.42. The number of anilines is 1. The van der Waals surface area contributed by atoms with Crippen molar-refractivity contribution in [2.75, 3.05) is 25.0 Å². The molecule has 2 saturated heterocycles. The number of rotatable bonds is 3. The highest BCUT2D eigenvalue weighted by molar-refractivity contribution is 5.92. The predicted octanol–water partition coefficient (Wildman–Crippen LogP) is 1.58. The number of aryl methyl sites for hydroxylation is 1. The zero-order valence-corrected chi connectivity index (χ0v) is 14.6. The molecule has 7 heteroatoms. The molecule has 1 aromatic heterocycles. The fourth-order valence-corrected chi connectivity index (χ4v) is 4.08. The summed E-state index contributed by atoms with van der Waals surface area (Å²) in [6, 6.07) is 0. The van der Waals surface area contributed by atoms with Gasteiger partial charge in [0.15, 0.2) is 0 Å². The molecule has 0 radical (unpaired) electrons. The number of fused-ring (bicyclic) bond motifs is 1. The van der Waals surface area contributed by atoms with E-state index < -0.39 is 0 Å². The van der Waals surface area contributed by atoms with Crippen molar-refractivity contribution in [2.24, 2.45) is 5.92 Å². The van der Waals surface area contributed by atoms with E-state index in [1.165, 1.54) is 6.42 Å². The van der Waals surface area contributed by atoms with Crippen LogP contribution in [0.1, 0.15) is 44.3 Å². The van der Waals surface area contributed by atoms with E-state index in [2.05, 4.69) is 14.9 Å². The van der Waals surface area contributed by atoms with Crippen LogP contribution in [0.15, 0.2) is 6.20 Å². The Morgan fingerprint density at radius 3 is 2.72 bits per heavy atom. The molecular formula is C18H26N4O3. The first-order valence-corrected chi connectivity index (χ1v) is 9.48. The number of nitrogens with one attached hydrogen (secondary N) is 1.